The molecule has 10 heteroatoms. The maximum absolute atomic E-state index is 13.3. The molecule has 0 fully saturated rings. The molecule has 1 amide bonds. The molecule has 0 aliphatic rings. The van der Waals surface area contributed by atoms with Crippen molar-refractivity contribution in [2.45, 2.75) is 0 Å². The van der Waals surface area contributed by atoms with Crippen LogP contribution in [0.5, 0.6) is 0 Å². The molecule has 1 aromatic carbocycles. The summed E-state index contributed by atoms with van der Waals surface area (Å²) in [5.74, 6) is -1.84. The molecule has 9 nitrogen and oxygen atoms in total. The number of nitrogen functional groups attached to an aromatic ring is 2. The summed E-state index contributed by atoms with van der Waals surface area (Å²) in [6, 6.07) is 5.51. The van der Waals surface area contributed by atoms with Crippen LogP contribution < -0.4 is 22.9 Å². The van der Waals surface area contributed by atoms with E-state index in [1.807, 2.05) is 0 Å². The first-order valence-corrected chi connectivity index (χ1v) is 6.61. The van der Waals surface area contributed by atoms with E-state index in [9.17, 15) is 9.18 Å². The first kappa shape index (κ1) is 15.2. The lowest BCUT2D eigenvalue weighted by atomic mass is 10.2. The predicted molar refractivity (Wildman–Crippen MR) is 86.2 cm³/mol. The first-order valence-electron chi connectivity index (χ1n) is 6.61. The maximum atomic E-state index is 13.3. The third-order valence-electron chi connectivity index (χ3n) is 3.09. The van der Waals surface area contributed by atoms with Gasteiger partial charge in [0.1, 0.15) is 17.1 Å². The SMILES string of the molecule is NC(N)=NC(=O)c1nc(-c2cc3cc(F)ccc3o2)c(N)nc1N. The van der Waals surface area contributed by atoms with Gasteiger partial charge in [0, 0.05) is 5.39 Å². The Morgan fingerprint density at radius 2 is 1.88 bits per heavy atom. The lowest BCUT2D eigenvalue weighted by Gasteiger charge is -2.05. The van der Waals surface area contributed by atoms with Gasteiger partial charge < -0.3 is 27.4 Å². The zero-order chi connectivity index (χ0) is 17.4. The lowest BCUT2D eigenvalue weighted by molar-refractivity contribution is 0.0999. The predicted octanol–water partition coefficient (Wildman–Crippen LogP) is 0.607. The second-order valence-corrected chi connectivity index (χ2v) is 4.83. The molecule has 0 aliphatic heterocycles. The summed E-state index contributed by atoms with van der Waals surface area (Å²) in [5.41, 5.74) is 22.0. The highest BCUT2D eigenvalue weighted by molar-refractivity contribution is 6.03. The van der Waals surface area contributed by atoms with Crippen LogP contribution in [-0.4, -0.2) is 21.8 Å². The van der Waals surface area contributed by atoms with Gasteiger partial charge in [0.05, 0.1) is 0 Å². The Morgan fingerprint density at radius 3 is 2.58 bits per heavy atom. The van der Waals surface area contributed by atoms with E-state index in [2.05, 4.69) is 15.0 Å². The number of furan rings is 1. The molecule has 0 saturated carbocycles. The number of rotatable bonds is 2. The highest BCUT2D eigenvalue weighted by atomic mass is 19.1. The van der Waals surface area contributed by atoms with Gasteiger partial charge in [0.15, 0.2) is 29.0 Å². The van der Waals surface area contributed by atoms with E-state index in [1.54, 1.807) is 0 Å². The summed E-state index contributed by atoms with van der Waals surface area (Å²) in [6.07, 6.45) is 0. The summed E-state index contributed by atoms with van der Waals surface area (Å²) in [7, 11) is 0. The number of benzene rings is 1. The summed E-state index contributed by atoms with van der Waals surface area (Å²) in [4.78, 5) is 23.2. The van der Waals surface area contributed by atoms with Crippen LogP contribution in [0.2, 0.25) is 0 Å². The van der Waals surface area contributed by atoms with Gasteiger partial charge in [-0.2, -0.15) is 4.99 Å². The van der Waals surface area contributed by atoms with E-state index < -0.39 is 17.7 Å². The fourth-order valence-corrected chi connectivity index (χ4v) is 2.10. The van der Waals surface area contributed by atoms with E-state index in [4.69, 9.17) is 27.4 Å². The summed E-state index contributed by atoms with van der Waals surface area (Å²) >= 11 is 0. The Morgan fingerprint density at radius 1 is 1.12 bits per heavy atom. The van der Waals surface area contributed by atoms with Crippen molar-refractivity contribution >= 4 is 34.5 Å². The maximum Gasteiger partial charge on any atom is 0.302 e. The van der Waals surface area contributed by atoms with Crippen molar-refractivity contribution in [1.82, 2.24) is 9.97 Å². The molecule has 0 aliphatic carbocycles. The van der Waals surface area contributed by atoms with Crippen molar-refractivity contribution in [1.29, 1.82) is 0 Å². The highest BCUT2D eigenvalue weighted by Gasteiger charge is 2.20. The average molecular weight is 329 g/mol. The molecule has 2 aromatic heterocycles. The number of fused-ring (bicyclic) bond motifs is 1. The number of carbonyl (C=O) groups excluding carboxylic acids is 1. The number of nitrogens with zero attached hydrogens (tertiary/aromatic N) is 3. The molecule has 0 saturated heterocycles. The van der Waals surface area contributed by atoms with Gasteiger partial charge >= 0.3 is 5.91 Å². The largest absolute Gasteiger partial charge is 0.454 e. The number of halogens is 1. The lowest BCUT2D eigenvalue weighted by Crippen LogP contribution is -2.25. The molecule has 122 valence electrons. The van der Waals surface area contributed by atoms with Crippen LogP contribution in [0.3, 0.4) is 0 Å². The fraction of sp³-hybridized carbons (Fsp3) is 0. The number of anilines is 2. The molecule has 8 N–H and O–H groups in total. The minimum atomic E-state index is -0.872. The van der Waals surface area contributed by atoms with Crippen LogP contribution in [0, 0.1) is 5.82 Å². The topological polar surface area (TPSA) is 172 Å². The number of hydrogen-bond donors (Lipinski definition) is 4. The van der Waals surface area contributed by atoms with Gasteiger partial charge in [-0.1, -0.05) is 0 Å². The number of amides is 1. The summed E-state index contributed by atoms with van der Waals surface area (Å²) in [5, 5.41) is 0.500. The van der Waals surface area contributed by atoms with Gasteiger partial charge in [-0.3, -0.25) is 4.79 Å². The van der Waals surface area contributed by atoms with Gasteiger partial charge in [0.25, 0.3) is 0 Å². The molecule has 0 atom stereocenters. The molecule has 0 bridgehead atoms. The van der Waals surface area contributed by atoms with E-state index in [0.717, 1.165) is 0 Å². The van der Waals surface area contributed by atoms with Crippen LogP contribution in [0.1, 0.15) is 10.5 Å². The van der Waals surface area contributed by atoms with Gasteiger partial charge in [-0.25, -0.2) is 14.4 Å². The smallest absolute Gasteiger partial charge is 0.302 e. The quantitative estimate of drug-likeness (QED) is 0.391. The van der Waals surface area contributed by atoms with Crippen molar-refractivity contribution < 1.29 is 13.6 Å². The molecule has 3 aromatic rings. The standard InChI is InChI=1S/C14H12FN7O2/c15-6-1-2-7-5(3-6)4-8(24-7)9-11(16)21-12(17)10(20-9)13(23)22-14(18)19/h1-4H,(H4,16,17,21)(H4,18,19,22,23). The van der Waals surface area contributed by atoms with Crippen LogP contribution in [0.4, 0.5) is 16.0 Å². The molecule has 0 unspecified atom stereocenters. The van der Waals surface area contributed by atoms with Crippen molar-refractivity contribution in [3.63, 3.8) is 0 Å². The molecular formula is C14H12FN7O2. The minimum absolute atomic E-state index is 0.0618. The third-order valence-corrected chi connectivity index (χ3v) is 3.09. The van der Waals surface area contributed by atoms with Gasteiger partial charge in [-0.05, 0) is 24.3 Å². The number of guanidine groups is 1. The van der Waals surface area contributed by atoms with Crippen molar-refractivity contribution in [3.8, 4) is 11.5 Å². The summed E-state index contributed by atoms with van der Waals surface area (Å²) in [6.45, 7) is 0. The van der Waals surface area contributed by atoms with E-state index in [1.165, 1.54) is 24.3 Å². The van der Waals surface area contributed by atoms with Crippen LogP contribution in [0.15, 0.2) is 33.7 Å². The van der Waals surface area contributed by atoms with Crippen molar-refractivity contribution in [3.05, 3.63) is 35.8 Å². The van der Waals surface area contributed by atoms with E-state index in [0.29, 0.717) is 11.0 Å². The second kappa shape index (κ2) is 5.50. The van der Waals surface area contributed by atoms with Crippen molar-refractivity contribution in [2.75, 3.05) is 11.5 Å². The minimum Gasteiger partial charge on any atom is -0.454 e. The number of nitrogens with two attached hydrogens (primary N) is 4. The van der Waals surface area contributed by atoms with Crippen LogP contribution in [-0.2, 0) is 0 Å². The molecule has 3 rings (SSSR count). The van der Waals surface area contributed by atoms with E-state index >= 15 is 0 Å². The Kier molecular flexibility index (Phi) is 3.49. The zero-order valence-corrected chi connectivity index (χ0v) is 12.2. The van der Waals surface area contributed by atoms with E-state index in [-0.39, 0.29) is 28.8 Å². The number of carbonyl (C=O) groups is 1. The Bertz CT molecular complexity index is 992. The van der Waals surface area contributed by atoms with Crippen LogP contribution in [0.25, 0.3) is 22.4 Å². The molecular weight excluding hydrogens is 317 g/mol. The first-order chi connectivity index (χ1) is 11.3. The number of aromatic nitrogens is 2. The molecule has 0 radical (unpaired) electrons. The highest BCUT2D eigenvalue weighted by Crippen LogP contribution is 2.30. The normalized spacial score (nSPS) is 10.7. The van der Waals surface area contributed by atoms with Gasteiger partial charge in [0.2, 0.25) is 0 Å². The zero-order valence-electron chi connectivity index (χ0n) is 12.2. The molecule has 24 heavy (non-hydrogen) atoms. The van der Waals surface area contributed by atoms with Crippen LogP contribution >= 0.6 is 0 Å². The van der Waals surface area contributed by atoms with Gasteiger partial charge in [-0.15, -0.1) is 0 Å². The molecule has 0 spiro atoms. The third kappa shape index (κ3) is 2.67. The Balaban J connectivity index is 2.15. The Labute approximate surface area is 134 Å². The molecule has 2 heterocycles. The Hall–Kier alpha value is -3.69. The number of hydrogen-bond acceptors (Lipinski definition) is 6. The fourth-order valence-electron chi connectivity index (χ4n) is 2.10. The monoisotopic (exact) mass is 329 g/mol. The van der Waals surface area contributed by atoms with Crippen molar-refractivity contribution in [2.24, 2.45) is 16.5 Å². The number of aliphatic imine (C=N–C) groups is 1. The second-order valence-electron chi connectivity index (χ2n) is 4.83. The average Bonchev–Trinajstić information content (AvgIpc) is 2.88. The summed E-state index contributed by atoms with van der Waals surface area (Å²) < 4.78 is 18.8.